The second-order valence-corrected chi connectivity index (χ2v) is 8.39. The number of fused-ring (bicyclic) bond motifs is 7. The molecule has 4 aliphatic heterocycles. The van der Waals surface area contributed by atoms with Gasteiger partial charge in [-0.1, -0.05) is 18.2 Å². The highest BCUT2D eigenvalue weighted by atomic mass is 16.5. The number of methoxy groups -OCH3 is 1. The summed E-state index contributed by atoms with van der Waals surface area (Å²) in [6.07, 6.45) is 1.70. The molecule has 2 aromatic carbocycles. The number of amides is 3. The predicted molar refractivity (Wildman–Crippen MR) is 109 cm³/mol. The molecule has 7 heteroatoms. The maximum Gasteiger partial charge on any atom is 0.250 e. The van der Waals surface area contributed by atoms with E-state index >= 15 is 0 Å². The van der Waals surface area contributed by atoms with Crippen molar-refractivity contribution in [1.29, 1.82) is 0 Å². The summed E-state index contributed by atoms with van der Waals surface area (Å²) in [6.45, 7) is 0.688. The molecule has 3 saturated heterocycles. The summed E-state index contributed by atoms with van der Waals surface area (Å²) in [4.78, 5) is 44.3. The predicted octanol–water partition coefficient (Wildman–Crippen LogP) is 2.13. The quantitative estimate of drug-likeness (QED) is 0.778. The SMILES string of the molecule is COc1ccc2c(c1)C1(C(=O)N2)C2C(=O)N(c3ccccc3)C(=O)C2C2CCCN21. The number of rotatable bonds is 2. The number of imide groups is 1. The fraction of sp³-hybridized carbons (Fsp3) is 0.348. The van der Waals surface area contributed by atoms with E-state index in [9.17, 15) is 14.4 Å². The highest BCUT2D eigenvalue weighted by molar-refractivity contribution is 6.25. The molecule has 3 amide bonds. The second-order valence-electron chi connectivity index (χ2n) is 8.39. The van der Waals surface area contributed by atoms with E-state index in [4.69, 9.17) is 4.74 Å². The highest BCUT2D eigenvalue weighted by Crippen LogP contribution is 2.61. The van der Waals surface area contributed by atoms with E-state index in [1.54, 1.807) is 25.3 Å². The second kappa shape index (κ2) is 5.92. The zero-order valence-electron chi connectivity index (χ0n) is 16.5. The number of hydrogen-bond acceptors (Lipinski definition) is 5. The first-order chi connectivity index (χ1) is 14.6. The summed E-state index contributed by atoms with van der Waals surface area (Å²) < 4.78 is 5.42. The first-order valence-corrected chi connectivity index (χ1v) is 10.3. The van der Waals surface area contributed by atoms with Crippen LogP contribution in [0.3, 0.4) is 0 Å². The van der Waals surface area contributed by atoms with Crippen LogP contribution < -0.4 is 15.0 Å². The van der Waals surface area contributed by atoms with Gasteiger partial charge in [0.2, 0.25) is 17.7 Å². The number of ether oxygens (including phenoxy) is 1. The molecule has 4 atom stereocenters. The molecule has 0 saturated carbocycles. The topological polar surface area (TPSA) is 79.0 Å². The van der Waals surface area contributed by atoms with Gasteiger partial charge in [-0.25, -0.2) is 4.90 Å². The summed E-state index contributed by atoms with van der Waals surface area (Å²) >= 11 is 0. The Bertz CT molecular complexity index is 1100. The molecule has 6 rings (SSSR count). The van der Waals surface area contributed by atoms with Gasteiger partial charge in [0, 0.05) is 17.3 Å². The van der Waals surface area contributed by atoms with Crippen molar-refractivity contribution in [3.8, 4) is 5.75 Å². The van der Waals surface area contributed by atoms with Gasteiger partial charge in [-0.2, -0.15) is 0 Å². The van der Waals surface area contributed by atoms with Gasteiger partial charge in [-0.15, -0.1) is 0 Å². The molecular formula is C23H21N3O4. The summed E-state index contributed by atoms with van der Waals surface area (Å²) in [5.74, 6) is -1.36. The molecular weight excluding hydrogens is 382 g/mol. The first kappa shape index (κ1) is 17.7. The molecule has 0 radical (unpaired) electrons. The number of anilines is 2. The molecule has 3 fully saturated rings. The van der Waals surface area contributed by atoms with Crippen LogP contribution in [0.5, 0.6) is 5.75 Å². The first-order valence-electron chi connectivity index (χ1n) is 10.3. The molecule has 4 heterocycles. The lowest BCUT2D eigenvalue weighted by Gasteiger charge is -2.36. The number of hydrogen-bond donors (Lipinski definition) is 1. The maximum atomic E-state index is 13.8. The van der Waals surface area contributed by atoms with Gasteiger partial charge in [0.05, 0.1) is 24.6 Å². The van der Waals surface area contributed by atoms with Gasteiger partial charge in [0.15, 0.2) is 0 Å². The molecule has 0 aliphatic carbocycles. The monoisotopic (exact) mass is 403 g/mol. The Hall–Kier alpha value is -3.19. The lowest BCUT2D eigenvalue weighted by molar-refractivity contribution is -0.135. The number of nitrogens with zero attached hydrogens (tertiary/aromatic N) is 2. The van der Waals surface area contributed by atoms with Crippen LogP contribution in [0.25, 0.3) is 0 Å². The van der Waals surface area contributed by atoms with Crippen molar-refractivity contribution in [2.45, 2.75) is 24.4 Å². The number of para-hydroxylation sites is 1. The Morgan fingerprint density at radius 3 is 2.63 bits per heavy atom. The molecule has 7 nitrogen and oxygen atoms in total. The fourth-order valence-electron chi connectivity index (χ4n) is 6.14. The Morgan fingerprint density at radius 2 is 1.87 bits per heavy atom. The van der Waals surface area contributed by atoms with E-state index in [0.717, 1.165) is 18.4 Å². The molecule has 0 bridgehead atoms. The highest BCUT2D eigenvalue weighted by Gasteiger charge is 2.74. The van der Waals surface area contributed by atoms with Gasteiger partial charge >= 0.3 is 0 Å². The Kier molecular flexibility index (Phi) is 3.48. The van der Waals surface area contributed by atoms with Crippen LogP contribution in [0, 0.1) is 11.8 Å². The summed E-state index contributed by atoms with van der Waals surface area (Å²) in [6, 6.07) is 14.3. The largest absolute Gasteiger partial charge is 0.497 e. The Labute approximate surface area is 173 Å². The van der Waals surface area contributed by atoms with E-state index in [1.807, 2.05) is 30.3 Å². The van der Waals surface area contributed by atoms with Crippen LogP contribution in [-0.4, -0.2) is 42.3 Å². The molecule has 30 heavy (non-hydrogen) atoms. The van der Waals surface area contributed by atoms with Gasteiger partial charge in [0.25, 0.3) is 0 Å². The number of benzene rings is 2. The third-order valence-corrected chi connectivity index (χ3v) is 7.21. The molecule has 4 aliphatic rings. The zero-order chi connectivity index (χ0) is 20.6. The summed E-state index contributed by atoms with van der Waals surface area (Å²) in [5, 5.41) is 2.98. The number of carbonyl (C=O) groups excluding carboxylic acids is 3. The van der Waals surface area contributed by atoms with Crippen molar-refractivity contribution >= 4 is 29.1 Å². The van der Waals surface area contributed by atoms with Crippen LogP contribution in [0.1, 0.15) is 18.4 Å². The Morgan fingerprint density at radius 1 is 1.07 bits per heavy atom. The van der Waals surface area contributed by atoms with E-state index in [2.05, 4.69) is 10.2 Å². The van der Waals surface area contributed by atoms with Crippen LogP contribution in [0.4, 0.5) is 11.4 Å². The smallest absolute Gasteiger partial charge is 0.250 e. The van der Waals surface area contributed by atoms with Crippen molar-refractivity contribution < 1.29 is 19.1 Å². The van der Waals surface area contributed by atoms with Gasteiger partial charge in [-0.05, 0) is 49.7 Å². The lowest BCUT2D eigenvalue weighted by Crippen LogP contribution is -2.54. The van der Waals surface area contributed by atoms with Gasteiger partial charge < -0.3 is 10.1 Å². The minimum atomic E-state index is -1.17. The standard InChI is InChI=1S/C23H21N3O4/c1-30-14-9-10-16-15(12-14)23(22(29)24-16)19-18(17-8-5-11-25(17)23)20(27)26(21(19)28)13-6-3-2-4-7-13/h2-4,6-7,9-10,12,17-19H,5,8,11H2,1H3,(H,24,29). The normalized spacial score (nSPS) is 31.8. The van der Waals surface area contributed by atoms with Crippen molar-refractivity contribution in [2.75, 3.05) is 23.9 Å². The molecule has 1 spiro atoms. The van der Waals surface area contributed by atoms with Crippen molar-refractivity contribution in [3.05, 3.63) is 54.1 Å². The zero-order valence-corrected chi connectivity index (χ0v) is 16.5. The average molecular weight is 403 g/mol. The van der Waals surface area contributed by atoms with Crippen molar-refractivity contribution in [1.82, 2.24) is 4.90 Å². The third-order valence-electron chi connectivity index (χ3n) is 7.21. The maximum absolute atomic E-state index is 13.8. The van der Waals surface area contributed by atoms with Crippen molar-refractivity contribution in [2.24, 2.45) is 11.8 Å². The minimum Gasteiger partial charge on any atom is -0.497 e. The minimum absolute atomic E-state index is 0.122. The van der Waals surface area contributed by atoms with Crippen LogP contribution >= 0.6 is 0 Å². The Balaban J connectivity index is 1.57. The molecule has 2 aromatic rings. The van der Waals surface area contributed by atoms with Gasteiger partial charge in [0.1, 0.15) is 11.3 Å². The molecule has 4 unspecified atom stereocenters. The van der Waals surface area contributed by atoms with E-state index in [1.165, 1.54) is 4.90 Å². The number of nitrogens with one attached hydrogen (secondary N) is 1. The van der Waals surface area contributed by atoms with Crippen LogP contribution in [0.2, 0.25) is 0 Å². The average Bonchev–Trinajstić information content (AvgIpc) is 3.46. The molecule has 1 N–H and O–H groups in total. The molecule has 0 aromatic heterocycles. The van der Waals surface area contributed by atoms with E-state index in [-0.39, 0.29) is 23.8 Å². The van der Waals surface area contributed by atoms with Gasteiger partial charge in [-0.3, -0.25) is 19.3 Å². The molecule has 152 valence electrons. The van der Waals surface area contributed by atoms with Crippen molar-refractivity contribution in [3.63, 3.8) is 0 Å². The lowest BCUT2D eigenvalue weighted by atomic mass is 9.75. The van der Waals surface area contributed by atoms with Crippen LogP contribution in [0.15, 0.2) is 48.5 Å². The summed E-state index contributed by atoms with van der Waals surface area (Å²) in [5.41, 5.74) is 0.810. The van der Waals surface area contributed by atoms with Crippen LogP contribution in [-0.2, 0) is 19.9 Å². The third kappa shape index (κ3) is 1.91. The van der Waals surface area contributed by atoms with E-state index in [0.29, 0.717) is 23.7 Å². The van der Waals surface area contributed by atoms with E-state index < -0.39 is 17.4 Å². The summed E-state index contributed by atoms with van der Waals surface area (Å²) in [7, 11) is 1.58. The fourth-order valence-corrected chi connectivity index (χ4v) is 6.14. The number of carbonyl (C=O) groups is 3.